The third-order valence-electron chi connectivity index (χ3n) is 1.16. The van der Waals surface area contributed by atoms with Gasteiger partial charge in [-0.05, 0) is 0 Å². The molecule has 5 radical (unpaired) electrons. The van der Waals surface area contributed by atoms with Gasteiger partial charge >= 0.3 is 78.0 Å². The van der Waals surface area contributed by atoms with Gasteiger partial charge in [0.15, 0.2) is 0 Å². The van der Waals surface area contributed by atoms with E-state index in [4.69, 9.17) is 6.15 Å². The van der Waals surface area contributed by atoms with Crippen molar-refractivity contribution in [3.63, 3.8) is 0 Å². The fourth-order valence-corrected chi connectivity index (χ4v) is 4.94. The Balaban J connectivity index is 0. The Morgan fingerprint density at radius 2 is 1.33 bits per heavy atom. The summed E-state index contributed by atoms with van der Waals surface area (Å²) in [5.74, 6) is 0. The van der Waals surface area contributed by atoms with Crippen LogP contribution in [0, 0.1) is 0 Å². The molecule has 0 spiro atoms. The standard InChI is InChI=1S/C4H9.2C2H5O.2Sn/c1-4(2)3;2*1-2-3;;/h1-3H3;2*2H2,1H3;;/q;2*-1;;+2. The van der Waals surface area contributed by atoms with Crippen LogP contribution in [0.1, 0.15) is 34.6 Å². The molecule has 0 aromatic rings. The Bertz CT molecular complexity index is 95.7. The summed E-state index contributed by atoms with van der Waals surface area (Å²) < 4.78 is 11.5. The maximum absolute atomic E-state index is 5.62. The summed E-state index contributed by atoms with van der Waals surface area (Å²) in [6.45, 7) is 12.3. The van der Waals surface area contributed by atoms with Gasteiger partial charge in [-0.1, -0.05) is 0 Å². The summed E-state index contributed by atoms with van der Waals surface area (Å²) in [4.78, 5) is 0. The van der Waals surface area contributed by atoms with Gasteiger partial charge < -0.3 is 0 Å². The average Bonchev–Trinajstić information content (AvgIpc) is 1.85. The van der Waals surface area contributed by atoms with Gasteiger partial charge in [0.1, 0.15) is 0 Å². The molecule has 0 aromatic heterocycles. The number of rotatable bonds is 4. The molecule has 0 bridgehead atoms. The van der Waals surface area contributed by atoms with Gasteiger partial charge in [-0.25, -0.2) is 0 Å². The van der Waals surface area contributed by atoms with Crippen LogP contribution in [0.5, 0.6) is 0 Å². The second-order valence-electron chi connectivity index (χ2n) is 3.40. The van der Waals surface area contributed by atoms with Crippen molar-refractivity contribution in [1.82, 2.24) is 0 Å². The van der Waals surface area contributed by atoms with E-state index in [0.29, 0.717) is 0 Å². The minimum absolute atomic E-state index is 0. The van der Waals surface area contributed by atoms with Crippen molar-refractivity contribution in [1.29, 1.82) is 0 Å². The smallest absolute Gasteiger partial charge is 0 e. The molecule has 0 fully saturated rings. The van der Waals surface area contributed by atoms with Crippen LogP contribution < -0.4 is 0 Å². The predicted octanol–water partition coefficient (Wildman–Crippen LogP) is 1.97. The predicted molar refractivity (Wildman–Crippen MR) is 54.5 cm³/mol. The van der Waals surface area contributed by atoms with Crippen molar-refractivity contribution in [2.24, 2.45) is 0 Å². The van der Waals surface area contributed by atoms with Crippen LogP contribution >= 0.6 is 0 Å². The van der Waals surface area contributed by atoms with Crippen molar-refractivity contribution in [3.8, 4) is 0 Å². The van der Waals surface area contributed by atoms with Crippen molar-refractivity contribution in [2.75, 3.05) is 13.2 Å². The summed E-state index contributed by atoms with van der Waals surface area (Å²) in [6.07, 6.45) is 0. The van der Waals surface area contributed by atoms with Crippen LogP contribution in [-0.2, 0) is 6.15 Å². The molecule has 0 saturated carbocycles. The Morgan fingerprint density at radius 1 is 1.00 bits per heavy atom. The van der Waals surface area contributed by atoms with Crippen LogP contribution in [0.3, 0.4) is 0 Å². The second kappa shape index (κ2) is 7.88. The van der Waals surface area contributed by atoms with E-state index in [1.807, 2.05) is 13.8 Å². The first-order valence-corrected chi connectivity index (χ1v) is 7.91. The van der Waals surface area contributed by atoms with Crippen molar-refractivity contribution >= 4 is 44.5 Å². The zero-order valence-corrected chi connectivity index (χ0v) is 14.4. The quantitative estimate of drug-likeness (QED) is 0.690. The van der Waals surface area contributed by atoms with E-state index in [-0.39, 0.29) is 27.3 Å². The Kier molecular flexibility index (Phi) is 10.5. The minimum atomic E-state index is -1.98. The van der Waals surface area contributed by atoms with Crippen LogP contribution in [-0.4, -0.2) is 57.7 Å². The Labute approximate surface area is 101 Å². The van der Waals surface area contributed by atoms with Crippen LogP contribution in [0.15, 0.2) is 0 Å². The molecule has 2 nitrogen and oxygen atoms in total. The molecule has 0 aliphatic heterocycles. The van der Waals surface area contributed by atoms with E-state index in [9.17, 15) is 0 Å². The average molecular weight is 385 g/mol. The number of hydrogen-bond acceptors (Lipinski definition) is 2. The fraction of sp³-hybridized carbons (Fsp3) is 1.00. The van der Waals surface area contributed by atoms with Crippen molar-refractivity contribution < 1.29 is 6.15 Å². The molecule has 0 saturated heterocycles. The van der Waals surface area contributed by atoms with E-state index in [1.54, 1.807) is 0 Å². The molecule has 71 valence electrons. The van der Waals surface area contributed by atoms with E-state index in [0.717, 1.165) is 13.2 Å². The maximum atomic E-state index is 5.62. The van der Waals surface area contributed by atoms with Crippen LogP contribution in [0.2, 0.25) is 3.43 Å². The van der Waals surface area contributed by atoms with Gasteiger partial charge in [0, 0.05) is 23.9 Å². The fourth-order valence-electron chi connectivity index (χ4n) is 0.737. The van der Waals surface area contributed by atoms with Gasteiger partial charge in [-0.3, -0.25) is 0 Å². The third-order valence-corrected chi connectivity index (χ3v) is 7.80. The zero-order chi connectivity index (χ0) is 8.91. The van der Waals surface area contributed by atoms with Gasteiger partial charge in [0.2, 0.25) is 0 Å². The first kappa shape index (κ1) is 16.0. The number of hydrogen-bond donors (Lipinski definition) is 0. The van der Waals surface area contributed by atoms with E-state index >= 15 is 0 Å². The van der Waals surface area contributed by atoms with Crippen LogP contribution in [0.25, 0.3) is 0 Å². The summed E-state index contributed by atoms with van der Waals surface area (Å²) in [6, 6.07) is 0. The maximum Gasteiger partial charge on any atom is 0 e. The molecule has 0 aromatic carbocycles. The Morgan fingerprint density at radius 3 is 1.50 bits per heavy atom. The normalized spacial score (nSPS) is 11.5. The molecular formula is C8H19O2Sn2. The van der Waals surface area contributed by atoms with Crippen molar-refractivity contribution in [2.45, 2.75) is 38.0 Å². The van der Waals surface area contributed by atoms with E-state index in [1.165, 1.54) is 0 Å². The molecule has 0 N–H and O–H groups in total. The molecule has 4 heteroatoms. The largest absolute Gasteiger partial charge is 0 e. The monoisotopic (exact) mass is 387 g/mol. The van der Waals surface area contributed by atoms with Crippen molar-refractivity contribution in [3.05, 3.63) is 0 Å². The molecular weight excluding hydrogens is 366 g/mol. The van der Waals surface area contributed by atoms with Gasteiger partial charge in [0.05, 0.1) is 0 Å². The molecule has 0 heterocycles. The summed E-state index contributed by atoms with van der Waals surface area (Å²) in [5.41, 5.74) is 0. The van der Waals surface area contributed by atoms with E-state index in [2.05, 4.69) is 20.8 Å². The summed E-state index contributed by atoms with van der Waals surface area (Å²) in [5, 5.41) is 0. The van der Waals surface area contributed by atoms with Crippen LogP contribution in [0.4, 0.5) is 0 Å². The topological polar surface area (TPSA) is 18.5 Å². The first-order valence-electron chi connectivity index (χ1n) is 4.15. The SMILES string of the molecule is CC[O][Sn]([O]CC)[C](C)(C)C.[Sn]. The Hall–Kier alpha value is 1.52. The molecule has 0 aliphatic rings. The van der Waals surface area contributed by atoms with Gasteiger partial charge in [-0.15, -0.1) is 0 Å². The summed E-state index contributed by atoms with van der Waals surface area (Å²) >= 11 is -1.98. The molecule has 0 rings (SSSR count). The van der Waals surface area contributed by atoms with Gasteiger partial charge in [-0.2, -0.15) is 0 Å². The second-order valence-corrected chi connectivity index (χ2v) is 11.0. The third kappa shape index (κ3) is 6.97. The molecule has 0 unspecified atom stereocenters. The first-order chi connectivity index (χ1) is 5.02. The molecule has 0 atom stereocenters. The minimum Gasteiger partial charge on any atom is 0 e. The molecule has 0 aliphatic carbocycles. The van der Waals surface area contributed by atoms with Gasteiger partial charge in [0.25, 0.3) is 0 Å². The summed E-state index contributed by atoms with van der Waals surface area (Å²) in [7, 11) is 0. The van der Waals surface area contributed by atoms with E-state index < -0.39 is 20.6 Å². The zero-order valence-electron chi connectivity index (χ0n) is 8.73. The molecule has 0 amide bonds. The molecule has 12 heavy (non-hydrogen) atoms.